The monoisotopic (exact) mass is 418 g/mol. The van der Waals surface area contributed by atoms with Crippen LogP contribution in [0.15, 0.2) is 60.8 Å². The number of alkyl halides is 3. The number of nitrogens with one attached hydrogen (secondary N) is 1. The molecule has 9 heteroatoms. The Bertz CT molecular complexity index is 1040. The molecule has 1 N–H and O–H groups in total. The molecule has 3 aromatic rings. The van der Waals surface area contributed by atoms with Gasteiger partial charge in [0.15, 0.2) is 0 Å². The molecular formula is C21H17F3N2O4. The van der Waals surface area contributed by atoms with Crippen LogP contribution < -0.4 is 19.5 Å². The minimum Gasteiger partial charge on any atom is -0.496 e. The standard InChI is InChI=1S/C21H17F3N2O4/c1-28-17-4-3-11-25-19(17)16-10-5-13(12-18(16)29-2)20(27)26-14-6-8-15(9-7-14)30-21(22,23)24/h3-12H,1-2H3,(H,26,27). The van der Waals surface area contributed by atoms with Gasteiger partial charge in [0.1, 0.15) is 22.9 Å². The van der Waals surface area contributed by atoms with E-state index < -0.39 is 12.3 Å². The Morgan fingerprint density at radius 3 is 2.30 bits per heavy atom. The molecule has 0 saturated heterocycles. The van der Waals surface area contributed by atoms with Crippen LogP contribution in [0.5, 0.6) is 17.2 Å². The summed E-state index contributed by atoms with van der Waals surface area (Å²) >= 11 is 0. The Labute approximate surface area is 170 Å². The highest BCUT2D eigenvalue weighted by molar-refractivity contribution is 6.05. The number of hydrogen-bond acceptors (Lipinski definition) is 5. The van der Waals surface area contributed by atoms with Gasteiger partial charge in [-0.2, -0.15) is 0 Å². The van der Waals surface area contributed by atoms with Crippen molar-refractivity contribution in [3.05, 3.63) is 66.4 Å². The number of aromatic nitrogens is 1. The van der Waals surface area contributed by atoms with Gasteiger partial charge in [-0.15, -0.1) is 13.2 Å². The van der Waals surface area contributed by atoms with Crippen molar-refractivity contribution in [2.45, 2.75) is 6.36 Å². The fourth-order valence-electron chi connectivity index (χ4n) is 2.73. The predicted octanol–water partition coefficient (Wildman–Crippen LogP) is 4.92. The maximum atomic E-state index is 12.5. The molecule has 0 aliphatic heterocycles. The molecule has 0 fully saturated rings. The van der Waals surface area contributed by atoms with Gasteiger partial charge < -0.3 is 19.5 Å². The van der Waals surface area contributed by atoms with E-state index in [1.807, 2.05) is 0 Å². The lowest BCUT2D eigenvalue weighted by Crippen LogP contribution is -2.17. The molecule has 0 aliphatic carbocycles. The zero-order valence-corrected chi connectivity index (χ0v) is 16.0. The fourth-order valence-corrected chi connectivity index (χ4v) is 2.73. The smallest absolute Gasteiger partial charge is 0.496 e. The molecule has 30 heavy (non-hydrogen) atoms. The molecule has 2 aromatic carbocycles. The van der Waals surface area contributed by atoms with Crippen LogP contribution in [-0.4, -0.2) is 31.5 Å². The van der Waals surface area contributed by atoms with E-state index in [4.69, 9.17) is 9.47 Å². The minimum atomic E-state index is -4.78. The van der Waals surface area contributed by atoms with Crippen molar-refractivity contribution in [1.29, 1.82) is 0 Å². The molecule has 6 nitrogen and oxygen atoms in total. The van der Waals surface area contributed by atoms with E-state index >= 15 is 0 Å². The molecule has 0 bridgehead atoms. The highest BCUT2D eigenvalue weighted by atomic mass is 19.4. The Hall–Kier alpha value is -3.75. The molecule has 3 rings (SSSR count). The van der Waals surface area contributed by atoms with E-state index in [-0.39, 0.29) is 5.75 Å². The van der Waals surface area contributed by atoms with E-state index in [1.54, 1.807) is 36.5 Å². The number of pyridine rings is 1. The van der Waals surface area contributed by atoms with Gasteiger partial charge in [0, 0.05) is 23.0 Å². The molecule has 0 aliphatic rings. The summed E-state index contributed by atoms with van der Waals surface area (Å²) in [5, 5.41) is 2.61. The lowest BCUT2D eigenvalue weighted by molar-refractivity contribution is -0.274. The average Bonchev–Trinajstić information content (AvgIpc) is 2.73. The summed E-state index contributed by atoms with van der Waals surface area (Å²) in [6.07, 6.45) is -3.16. The minimum absolute atomic E-state index is 0.293. The maximum Gasteiger partial charge on any atom is 0.573 e. The topological polar surface area (TPSA) is 69.7 Å². The van der Waals surface area contributed by atoms with Gasteiger partial charge in [0.25, 0.3) is 5.91 Å². The van der Waals surface area contributed by atoms with Crippen LogP contribution in [0.4, 0.5) is 18.9 Å². The van der Waals surface area contributed by atoms with E-state index in [0.717, 1.165) is 12.1 Å². The number of carbonyl (C=O) groups is 1. The second kappa shape index (κ2) is 8.73. The van der Waals surface area contributed by atoms with Gasteiger partial charge in [-0.05, 0) is 54.6 Å². The first-order chi connectivity index (χ1) is 14.3. The Morgan fingerprint density at radius 1 is 0.967 bits per heavy atom. The summed E-state index contributed by atoms with van der Waals surface area (Å²) < 4.78 is 51.2. The SMILES string of the molecule is COc1cc(C(=O)Nc2ccc(OC(F)(F)F)cc2)ccc1-c1ncccc1OC. The van der Waals surface area contributed by atoms with Crippen LogP contribution >= 0.6 is 0 Å². The maximum absolute atomic E-state index is 12.5. The van der Waals surface area contributed by atoms with E-state index in [2.05, 4.69) is 15.0 Å². The third-order valence-corrected chi connectivity index (χ3v) is 4.06. The fraction of sp³-hybridized carbons (Fsp3) is 0.143. The summed E-state index contributed by atoms with van der Waals surface area (Å²) in [6, 6.07) is 13.1. The quantitative estimate of drug-likeness (QED) is 0.616. The first-order valence-corrected chi connectivity index (χ1v) is 8.65. The molecule has 0 unspecified atom stereocenters. The van der Waals surface area contributed by atoms with E-state index in [1.165, 1.54) is 26.4 Å². The zero-order valence-electron chi connectivity index (χ0n) is 16.0. The van der Waals surface area contributed by atoms with Crippen molar-refractivity contribution >= 4 is 11.6 Å². The molecule has 1 aromatic heterocycles. The summed E-state index contributed by atoms with van der Waals surface area (Å²) in [7, 11) is 3.00. The van der Waals surface area contributed by atoms with Crippen LogP contribution in [-0.2, 0) is 0 Å². The Balaban J connectivity index is 1.80. The van der Waals surface area contributed by atoms with Crippen molar-refractivity contribution in [2.75, 3.05) is 19.5 Å². The predicted molar refractivity (Wildman–Crippen MR) is 104 cm³/mol. The molecule has 1 amide bonds. The summed E-state index contributed by atoms with van der Waals surface area (Å²) in [5.74, 6) is 0.121. The number of nitrogens with zero attached hydrogens (tertiary/aromatic N) is 1. The molecule has 0 saturated carbocycles. The summed E-state index contributed by atoms with van der Waals surface area (Å²) in [4.78, 5) is 16.9. The van der Waals surface area contributed by atoms with Crippen LogP contribution in [0.1, 0.15) is 10.4 Å². The zero-order chi connectivity index (χ0) is 21.7. The number of ether oxygens (including phenoxy) is 3. The number of carbonyl (C=O) groups excluding carboxylic acids is 1. The van der Waals surface area contributed by atoms with Crippen molar-refractivity contribution in [2.24, 2.45) is 0 Å². The van der Waals surface area contributed by atoms with Crippen LogP contribution in [0, 0.1) is 0 Å². The average molecular weight is 418 g/mol. The number of methoxy groups -OCH3 is 2. The van der Waals surface area contributed by atoms with Gasteiger partial charge in [0.2, 0.25) is 0 Å². The van der Waals surface area contributed by atoms with Crippen molar-refractivity contribution in [1.82, 2.24) is 4.98 Å². The normalized spacial score (nSPS) is 11.0. The van der Waals surface area contributed by atoms with Crippen molar-refractivity contribution in [3.8, 4) is 28.5 Å². The Kier molecular flexibility index (Phi) is 6.10. The largest absolute Gasteiger partial charge is 0.573 e. The number of amides is 1. The van der Waals surface area contributed by atoms with E-state index in [0.29, 0.717) is 34.0 Å². The molecule has 0 spiro atoms. The van der Waals surface area contributed by atoms with Crippen molar-refractivity contribution < 1.29 is 32.2 Å². The summed E-state index contributed by atoms with van der Waals surface area (Å²) in [5.41, 5.74) is 1.80. The molecule has 1 heterocycles. The second-order valence-electron chi connectivity index (χ2n) is 6.00. The van der Waals surface area contributed by atoms with Gasteiger partial charge in [-0.25, -0.2) is 0 Å². The third-order valence-electron chi connectivity index (χ3n) is 4.06. The van der Waals surface area contributed by atoms with Gasteiger partial charge >= 0.3 is 6.36 Å². The van der Waals surface area contributed by atoms with Crippen LogP contribution in [0.25, 0.3) is 11.3 Å². The number of benzene rings is 2. The third kappa shape index (κ3) is 4.99. The van der Waals surface area contributed by atoms with Gasteiger partial charge in [-0.3, -0.25) is 9.78 Å². The molecule has 0 atom stereocenters. The number of rotatable bonds is 6. The Morgan fingerprint density at radius 2 is 1.67 bits per heavy atom. The van der Waals surface area contributed by atoms with Gasteiger partial charge in [0.05, 0.1) is 14.2 Å². The lowest BCUT2D eigenvalue weighted by atomic mass is 10.1. The number of hydrogen-bond donors (Lipinski definition) is 1. The first kappa shape index (κ1) is 21.0. The number of halogens is 3. The molecule has 0 radical (unpaired) electrons. The second-order valence-corrected chi connectivity index (χ2v) is 6.00. The summed E-state index contributed by atoms with van der Waals surface area (Å²) in [6.45, 7) is 0. The van der Waals surface area contributed by atoms with E-state index in [9.17, 15) is 18.0 Å². The highest BCUT2D eigenvalue weighted by Crippen LogP contribution is 2.35. The number of anilines is 1. The van der Waals surface area contributed by atoms with Crippen LogP contribution in [0.3, 0.4) is 0 Å². The molecular weight excluding hydrogens is 401 g/mol. The van der Waals surface area contributed by atoms with Gasteiger partial charge in [-0.1, -0.05) is 0 Å². The van der Waals surface area contributed by atoms with Crippen molar-refractivity contribution in [3.63, 3.8) is 0 Å². The molecule has 156 valence electrons. The lowest BCUT2D eigenvalue weighted by Gasteiger charge is -2.13. The van der Waals surface area contributed by atoms with Crippen LogP contribution in [0.2, 0.25) is 0 Å². The highest BCUT2D eigenvalue weighted by Gasteiger charge is 2.31. The first-order valence-electron chi connectivity index (χ1n) is 8.65.